The van der Waals surface area contributed by atoms with Crippen molar-refractivity contribution in [2.24, 2.45) is 5.73 Å². The molecule has 0 spiro atoms. The topological polar surface area (TPSA) is 82.0 Å². The van der Waals surface area contributed by atoms with Crippen molar-refractivity contribution >= 4 is 11.7 Å². The number of hydrogen-bond donors (Lipinski definition) is 2. The summed E-state index contributed by atoms with van der Waals surface area (Å²) >= 11 is 0. The fourth-order valence-electron chi connectivity index (χ4n) is 0.821. The van der Waals surface area contributed by atoms with Gasteiger partial charge in [-0.25, -0.2) is 13.8 Å². The zero-order valence-corrected chi connectivity index (χ0v) is 6.50. The number of carbonyl (C=O) groups is 1. The smallest absolute Gasteiger partial charge is 0.280 e. The minimum absolute atomic E-state index is 0.0515. The Bertz CT molecular complexity index is 341. The van der Waals surface area contributed by atoms with Crippen molar-refractivity contribution in [3.8, 4) is 0 Å². The number of pyridine rings is 1. The summed E-state index contributed by atoms with van der Waals surface area (Å²) < 4.78 is 24.1. The minimum atomic E-state index is -2.70. The van der Waals surface area contributed by atoms with Gasteiger partial charge >= 0.3 is 0 Å². The highest BCUT2D eigenvalue weighted by Gasteiger charge is 2.12. The first kappa shape index (κ1) is 9.37. The lowest BCUT2D eigenvalue weighted by molar-refractivity contribution is 0.1000. The van der Waals surface area contributed by atoms with E-state index < -0.39 is 18.0 Å². The molecule has 0 bridgehead atoms. The van der Waals surface area contributed by atoms with Crippen molar-refractivity contribution in [3.63, 3.8) is 0 Å². The van der Waals surface area contributed by atoms with Gasteiger partial charge < -0.3 is 11.5 Å². The molecule has 0 saturated heterocycles. The Morgan fingerprint density at radius 3 is 2.46 bits per heavy atom. The number of aromatic nitrogens is 1. The molecule has 0 aromatic carbocycles. The standard InChI is InChI=1S/C7H7F2N3O/c8-5(9)4-2-1-3(7(11)13)6(10)12-4/h1-2,5H,(H2,10,12)(H2,11,13). The quantitative estimate of drug-likeness (QED) is 0.714. The average molecular weight is 187 g/mol. The Hall–Kier alpha value is -1.72. The summed E-state index contributed by atoms with van der Waals surface area (Å²) in [4.78, 5) is 13.9. The van der Waals surface area contributed by atoms with Crippen LogP contribution in [0, 0.1) is 0 Å². The Morgan fingerprint density at radius 2 is 2.08 bits per heavy atom. The fourth-order valence-corrected chi connectivity index (χ4v) is 0.821. The third-order valence-electron chi connectivity index (χ3n) is 1.44. The van der Waals surface area contributed by atoms with Gasteiger partial charge in [0.25, 0.3) is 12.3 Å². The van der Waals surface area contributed by atoms with E-state index in [9.17, 15) is 13.6 Å². The Morgan fingerprint density at radius 1 is 1.46 bits per heavy atom. The fraction of sp³-hybridized carbons (Fsp3) is 0.143. The molecule has 0 saturated carbocycles. The number of anilines is 1. The molecule has 70 valence electrons. The first-order valence-corrected chi connectivity index (χ1v) is 3.36. The molecule has 0 aliphatic heterocycles. The average Bonchev–Trinajstić information content (AvgIpc) is 2.03. The number of rotatable bonds is 2. The maximum absolute atomic E-state index is 12.0. The zero-order chi connectivity index (χ0) is 10.0. The number of halogens is 2. The summed E-state index contributed by atoms with van der Waals surface area (Å²) in [6.45, 7) is 0. The second kappa shape index (κ2) is 3.34. The van der Waals surface area contributed by atoms with E-state index in [2.05, 4.69) is 4.98 Å². The minimum Gasteiger partial charge on any atom is -0.383 e. The van der Waals surface area contributed by atoms with Gasteiger partial charge in [-0.1, -0.05) is 0 Å². The Labute approximate surface area is 72.6 Å². The molecule has 1 aromatic heterocycles. The molecule has 0 unspecified atom stereocenters. The molecular formula is C7H7F2N3O. The van der Waals surface area contributed by atoms with E-state index in [1.165, 1.54) is 0 Å². The van der Waals surface area contributed by atoms with Gasteiger partial charge in [0, 0.05) is 0 Å². The van der Waals surface area contributed by atoms with Crippen LogP contribution >= 0.6 is 0 Å². The molecule has 6 heteroatoms. The zero-order valence-electron chi connectivity index (χ0n) is 6.50. The highest BCUT2D eigenvalue weighted by atomic mass is 19.3. The number of nitrogens with zero attached hydrogens (tertiary/aromatic N) is 1. The predicted octanol–water partition coefficient (Wildman–Crippen LogP) is 0.700. The van der Waals surface area contributed by atoms with Crippen molar-refractivity contribution in [1.82, 2.24) is 4.98 Å². The highest BCUT2D eigenvalue weighted by Crippen LogP contribution is 2.18. The summed E-state index contributed by atoms with van der Waals surface area (Å²) in [7, 11) is 0. The third-order valence-corrected chi connectivity index (χ3v) is 1.44. The van der Waals surface area contributed by atoms with Crippen molar-refractivity contribution in [1.29, 1.82) is 0 Å². The van der Waals surface area contributed by atoms with Crippen LogP contribution in [0.3, 0.4) is 0 Å². The van der Waals surface area contributed by atoms with Crippen molar-refractivity contribution < 1.29 is 13.6 Å². The summed E-state index contributed by atoms with van der Waals surface area (Å²) in [5.41, 5.74) is 9.59. The lowest BCUT2D eigenvalue weighted by Crippen LogP contribution is -2.15. The van der Waals surface area contributed by atoms with E-state index in [0.29, 0.717) is 0 Å². The second-order valence-corrected chi connectivity index (χ2v) is 2.33. The molecule has 1 heterocycles. The molecule has 0 aliphatic carbocycles. The molecular weight excluding hydrogens is 180 g/mol. The number of alkyl halides is 2. The van der Waals surface area contributed by atoms with Crippen LogP contribution in [0.5, 0.6) is 0 Å². The van der Waals surface area contributed by atoms with Crippen molar-refractivity contribution in [2.45, 2.75) is 6.43 Å². The number of hydrogen-bond acceptors (Lipinski definition) is 3. The highest BCUT2D eigenvalue weighted by molar-refractivity contribution is 5.97. The molecule has 4 N–H and O–H groups in total. The van der Waals surface area contributed by atoms with Crippen LogP contribution in [-0.2, 0) is 0 Å². The van der Waals surface area contributed by atoms with Gasteiger partial charge in [-0.2, -0.15) is 0 Å². The summed E-state index contributed by atoms with van der Waals surface area (Å²) in [5.74, 6) is -1.06. The van der Waals surface area contributed by atoms with Crippen LogP contribution in [0.4, 0.5) is 14.6 Å². The predicted molar refractivity (Wildman–Crippen MR) is 42.1 cm³/mol. The number of primary amides is 1. The van der Waals surface area contributed by atoms with Gasteiger partial charge in [0.2, 0.25) is 0 Å². The van der Waals surface area contributed by atoms with E-state index in [1.54, 1.807) is 0 Å². The Balaban J connectivity index is 3.13. The second-order valence-electron chi connectivity index (χ2n) is 2.33. The lowest BCUT2D eigenvalue weighted by Gasteiger charge is -2.03. The van der Waals surface area contributed by atoms with Crippen LogP contribution in [0.25, 0.3) is 0 Å². The number of carbonyl (C=O) groups excluding carboxylic acids is 1. The van der Waals surface area contributed by atoms with Crippen molar-refractivity contribution in [3.05, 3.63) is 23.4 Å². The molecule has 0 fully saturated rings. The molecule has 1 amide bonds. The van der Waals surface area contributed by atoms with E-state index in [-0.39, 0.29) is 11.4 Å². The van der Waals surface area contributed by atoms with Crippen molar-refractivity contribution in [2.75, 3.05) is 5.73 Å². The first-order valence-electron chi connectivity index (χ1n) is 3.36. The molecule has 13 heavy (non-hydrogen) atoms. The van der Waals surface area contributed by atoms with E-state index in [4.69, 9.17) is 11.5 Å². The normalized spacial score (nSPS) is 10.4. The Kier molecular flexibility index (Phi) is 2.41. The van der Waals surface area contributed by atoms with E-state index >= 15 is 0 Å². The number of nitrogen functional groups attached to an aromatic ring is 1. The lowest BCUT2D eigenvalue weighted by atomic mass is 10.2. The van der Waals surface area contributed by atoms with Gasteiger partial charge in [0.15, 0.2) is 0 Å². The molecule has 0 atom stereocenters. The summed E-state index contributed by atoms with van der Waals surface area (Å²) in [6.07, 6.45) is -2.70. The molecule has 0 aliphatic rings. The third kappa shape index (κ3) is 1.90. The maximum atomic E-state index is 12.0. The van der Waals surface area contributed by atoms with E-state index in [0.717, 1.165) is 12.1 Å². The maximum Gasteiger partial charge on any atom is 0.280 e. The SMILES string of the molecule is NC(=O)c1ccc(C(F)F)nc1N. The monoisotopic (exact) mass is 187 g/mol. The van der Waals surface area contributed by atoms with Gasteiger partial charge in [0.05, 0.1) is 5.56 Å². The summed E-state index contributed by atoms with van der Waals surface area (Å²) in [6, 6.07) is 2.15. The van der Waals surface area contributed by atoms with Crippen LogP contribution < -0.4 is 11.5 Å². The van der Waals surface area contributed by atoms with Crippen LogP contribution in [0.15, 0.2) is 12.1 Å². The summed E-state index contributed by atoms with van der Waals surface area (Å²) in [5, 5.41) is 0. The molecule has 0 radical (unpaired) electrons. The van der Waals surface area contributed by atoms with Gasteiger partial charge in [0.1, 0.15) is 11.5 Å². The molecule has 1 aromatic rings. The van der Waals surface area contributed by atoms with Gasteiger partial charge in [-0.15, -0.1) is 0 Å². The first-order chi connectivity index (χ1) is 6.02. The van der Waals surface area contributed by atoms with Gasteiger partial charge in [-0.05, 0) is 12.1 Å². The van der Waals surface area contributed by atoms with Crippen LogP contribution in [-0.4, -0.2) is 10.9 Å². The number of amides is 1. The van der Waals surface area contributed by atoms with Gasteiger partial charge in [-0.3, -0.25) is 4.79 Å². The van der Waals surface area contributed by atoms with Crippen LogP contribution in [0.2, 0.25) is 0 Å². The molecule has 1 rings (SSSR count). The van der Waals surface area contributed by atoms with E-state index in [1.807, 2.05) is 0 Å². The number of nitrogens with two attached hydrogens (primary N) is 2. The van der Waals surface area contributed by atoms with Crippen LogP contribution in [0.1, 0.15) is 22.5 Å². The largest absolute Gasteiger partial charge is 0.383 e. The molecule has 4 nitrogen and oxygen atoms in total.